The lowest BCUT2D eigenvalue weighted by molar-refractivity contribution is 0.178. The molecule has 0 unspecified atom stereocenters. The summed E-state index contributed by atoms with van der Waals surface area (Å²) in [6.45, 7) is 32.2. The lowest BCUT2D eigenvalue weighted by Gasteiger charge is -2.19. The van der Waals surface area contributed by atoms with Gasteiger partial charge < -0.3 is 0 Å². The molecular weight excluding hydrogens is 403 g/mol. The highest BCUT2D eigenvalue weighted by Crippen LogP contribution is 2.23. The van der Waals surface area contributed by atoms with E-state index in [9.17, 15) is 4.39 Å². The molecule has 0 saturated heterocycles. The lowest BCUT2D eigenvalue weighted by Crippen LogP contribution is -2.14. The second-order valence-electron chi connectivity index (χ2n) is 13.6. The Morgan fingerprint density at radius 3 is 1.12 bits per heavy atom. The molecule has 0 aliphatic heterocycles. The van der Waals surface area contributed by atoms with Crippen LogP contribution >= 0.6 is 0 Å². The number of halogens is 1. The Bertz CT molecular complexity index is 484. The molecule has 0 N–H and O–H groups in total. The maximum absolute atomic E-state index is 12.6. The van der Waals surface area contributed by atoms with Gasteiger partial charge in [-0.05, 0) is 80.1 Å². The van der Waals surface area contributed by atoms with Crippen LogP contribution in [0.5, 0.6) is 0 Å². The molecule has 0 fully saturated rings. The Balaban J connectivity index is -0.000000368. The van der Waals surface area contributed by atoms with Gasteiger partial charge in [-0.25, -0.2) is 4.39 Å². The molecule has 0 nitrogen and oxygen atoms in total. The predicted octanol–water partition coefficient (Wildman–Crippen LogP) is 11.4. The summed E-state index contributed by atoms with van der Waals surface area (Å²) in [5.74, 6) is 3.83. The molecule has 1 rings (SSSR count). The van der Waals surface area contributed by atoms with Gasteiger partial charge in [-0.2, -0.15) is 0 Å². The fraction of sp³-hybridized carbons (Fsp3) is 0.812. The number of hydrogen-bond donors (Lipinski definition) is 0. The second kappa shape index (κ2) is 19.5. The first kappa shape index (κ1) is 36.7. The molecule has 0 radical (unpaired) electrons. The molecular formula is C32H63F. The van der Waals surface area contributed by atoms with Crippen molar-refractivity contribution in [2.24, 2.45) is 35.0 Å². The first-order valence-electron chi connectivity index (χ1n) is 13.5. The molecule has 0 heterocycles. The molecule has 0 aliphatic rings. The highest BCUT2D eigenvalue weighted by molar-refractivity contribution is 5.14. The van der Waals surface area contributed by atoms with Crippen LogP contribution in [0.25, 0.3) is 0 Å². The van der Waals surface area contributed by atoms with Gasteiger partial charge in [0.25, 0.3) is 0 Å². The minimum absolute atomic E-state index is 0.468. The summed E-state index contributed by atoms with van der Waals surface area (Å²) in [7, 11) is 0. The van der Waals surface area contributed by atoms with Gasteiger partial charge in [0.1, 0.15) is 5.67 Å². The van der Waals surface area contributed by atoms with Crippen molar-refractivity contribution in [3.63, 3.8) is 0 Å². The molecule has 0 atom stereocenters. The smallest absolute Gasteiger partial charge is 0.105 e. The van der Waals surface area contributed by atoms with Gasteiger partial charge in [0.05, 0.1) is 0 Å². The average molecular weight is 467 g/mol. The Morgan fingerprint density at radius 2 is 0.970 bits per heavy atom. The van der Waals surface area contributed by atoms with E-state index in [0.29, 0.717) is 17.8 Å². The van der Waals surface area contributed by atoms with Crippen LogP contribution in [0.4, 0.5) is 4.39 Å². The molecule has 0 spiro atoms. The van der Waals surface area contributed by atoms with E-state index >= 15 is 0 Å². The van der Waals surface area contributed by atoms with Crippen molar-refractivity contribution in [2.45, 2.75) is 135 Å². The van der Waals surface area contributed by atoms with Gasteiger partial charge in [-0.3, -0.25) is 0 Å². The van der Waals surface area contributed by atoms with E-state index in [-0.39, 0.29) is 0 Å². The summed E-state index contributed by atoms with van der Waals surface area (Å²) < 4.78 is 12.6. The fourth-order valence-electron chi connectivity index (χ4n) is 4.22. The van der Waals surface area contributed by atoms with Crippen LogP contribution < -0.4 is 0 Å². The third kappa shape index (κ3) is 41.8. The van der Waals surface area contributed by atoms with Crippen LogP contribution in [0.2, 0.25) is 0 Å². The van der Waals surface area contributed by atoms with E-state index in [1.165, 1.54) is 24.8 Å². The van der Waals surface area contributed by atoms with Crippen molar-refractivity contribution in [1.82, 2.24) is 0 Å². The van der Waals surface area contributed by atoms with Crippen molar-refractivity contribution in [1.29, 1.82) is 0 Å². The van der Waals surface area contributed by atoms with E-state index in [2.05, 4.69) is 106 Å². The molecule has 0 aromatic heterocycles. The first-order chi connectivity index (χ1) is 14.7. The van der Waals surface area contributed by atoms with Gasteiger partial charge in [0.15, 0.2) is 0 Å². The molecule has 0 amide bonds. The van der Waals surface area contributed by atoms with E-state index in [1.807, 2.05) is 13.8 Å². The number of hydrogen-bond acceptors (Lipinski definition) is 0. The second-order valence-corrected chi connectivity index (χ2v) is 13.6. The Hall–Kier alpha value is -0.850. The molecule has 0 aliphatic carbocycles. The predicted molar refractivity (Wildman–Crippen MR) is 153 cm³/mol. The van der Waals surface area contributed by atoms with Gasteiger partial charge >= 0.3 is 0 Å². The Labute approximate surface area is 210 Å². The third-order valence-electron chi connectivity index (χ3n) is 4.34. The molecule has 0 bridgehead atoms. The molecule has 1 aromatic rings. The van der Waals surface area contributed by atoms with Crippen LogP contribution in [-0.4, -0.2) is 5.67 Å². The fourth-order valence-corrected chi connectivity index (χ4v) is 4.22. The summed E-state index contributed by atoms with van der Waals surface area (Å²) in [6.07, 6.45) is 4.54. The summed E-state index contributed by atoms with van der Waals surface area (Å²) in [6, 6.07) is 10.6. The van der Waals surface area contributed by atoms with Gasteiger partial charge in [0.2, 0.25) is 0 Å². The van der Waals surface area contributed by atoms with Gasteiger partial charge in [0, 0.05) is 0 Å². The largest absolute Gasteiger partial charge is 0.244 e. The molecule has 1 aromatic carbocycles. The Kier molecular flexibility index (Phi) is 21.6. The molecule has 198 valence electrons. The van der Waals surface area contributed by atoms with E-state index in [4.69, 9.17) is 0 Å². The van der Waals surface area contributed by atoms with E-state index in [0.717, 1.165) is 23.7 Å². The normalized spacial score (nSPS) is 11.7. The van der Waals surface area contributed by atoms with Crippen molar-refractivity contribution < 1.29 is 4.39 Å². The van der Waals surface area contributed by atoms with E-state index < -0.39 is 5.67 Å². The van der Waals surface area contributed by atoms with E-state index in [1.54, 1.807) is 13.8 Å². The molecule has 0 saturated carbocycles. The van der Waals surface area contributed by atoms with Crippen LogP contribution in [0, 0.1) is 35.0 Å². The standard InChI is InChI=1S/C10H14.C8H18.C7H15F.C7H16/c1-9(2)8-10-6-4-3-5-7-10;1-7(2)6-8(3,4)5;1-6(2)5-7(3,4)8;1-6(2)5-7(3)4/h3-7,9H,8H2,1-2H3;7H,6H2,1-5H3;6H,5H2,1-4H3;6-7H,5H2,1-4H3. The summed E-state index contributed by atoms with van der Waals surface area (Å²) in [4.78, 5) is 0. The zero-order valence-electron chi connectivity index (χ0n) is 25.5. The zero-order valence-corrected chi connectivity index (χ0v) is 25.5. The van der Waals surface area contributed by atoms with Crippen LogP contribution in [0.1, 0.15) is 129 Å². The minimum Gasteiger partial charge on any atom is -0.244 e. The SMILES string of the molecule is CC(C)CC(C)(C)C.CC(C)CC(C)(C)F.CC(C)CC(C)C.CC(C)Cc1ccccc1. The topological polar surface area (TPSA) is 0 Å². The summed E-state index contributed by atoms with van der Waals surface area (Å²) >= 11 is 0. The van der Waals surface area contributed by atoms with Crippen molar-refractivity contribution in [2.75, 3.05) is 0 Å². The third-order valence-corrected chi connectivity index (χ3v) is 4.34. The number of alkyl halides is 1. The van der Waals surface area contributed by atoms with Crippen molar-refractivity contribution in [3.05, 3.63) is 35.9 Å². The van der Waals surface area contributed by atoms with Gasteiger partial charge in [-0.1, -0.05) is 120 Å². The lowest BCUT2D eigenvalue weighted by atomic mass is 9.86. The molecule has 1 heteroatoms. The van der Waals surface area contributed by atoms with Gasteiger partial charge in [-0.15, -0.1) is 0 Å². The maximum Gasteiger partial charge on any atom is 0.105 e. The number of rotatable bonds is 7. The maximum atomic E-state index is 12.6. The monoisotopic (exact) mass is 466 g/mol. The molecule has 33 heavy (non-hydrogen) atoms. The first-order valence-corrected chi connectivity index (χ1v) is 13.5. The average Bonchev–Trinajstić information content (AvgIpc) is 2.50. The zero-order chi connectivity index (χ0) is 26.8. The highest BCUT2D eigenvalue weighted by Gasteiger charge is 2.16. The van der Waals surface area contributed by atoms with Crippen LogP contribution in [0.3, 0.4) is 0 Å². The minimum atomic E-state index is -0.978. The number of benzene rings is 1. The Morgan fingerprint density at radius 1 is 0.576 bits per heavy atom. The summed E-state index contributed by atoms with van der Waals surface area (Å²) in [5.41, 5.74) is 0.986. The van der Waals surface area contributed by atoms with Crippen LogP contribution in [0.15, 0.2) is 30.3 Å². The summed E-state index contributed by atoms with van der Waals surface area (Å²) in [5, 5.41) is 0. The van der Waals surface area contributed by atoms with Crippen molar-refractivity contribution >= 4 is 0 Å². The van der Waals surface area contributed by atoms with Crippen LogP contribution in [-0.2, 0) is 6.42 Å². The quantitative estimate of drug-likeness (QED) is 0.374. The highest BCUT2D eigenvalue weighted by atomic mass is 19.1. The van der Waals surface area contributed by atoms with Crippen molar-refractivity contribution in [3.8, 4) is 0 Å².